The Kier molecular flexibility index (Phi) is 5.84. The minimum Gasteiger partial charge on any atom is -0.481 e. The van der Waals surface area contributed by atoms with Crippen molar-refractivity contribution in [1.29, 1.82) is 0 Å². The molecule has 0 saturated carbocycles. The minimum atomic E-state index is -4.84. The molecule has 4 nitrogen and oxygen atoms in total. The highest BCUT2D eigenvalue weighted by Crippen LogP contribution is 2.17. The van der Waals surface area contributed by atoms with Crippen LogP contribution >= 0.6 is 0 Å². The van der Waals surface area contributed by atoms with Crippen molar-refractivity contribution in [2.75, 3.05) is 13.6 Å². The number of rotatable bonds is 6. The van der Waals surface area contributed by atoms with Gasteiger partial charge >= 0.3 is 18.1 Å². The van der Waals surface area contributed by atoms with Gasteiger partial charge in [0.25, 0.3) is 0 Å². The molecule has 0 aromatic rings. The SMILES string of the molecule is CN(CCCCCC(=O)O)C(=O)C(F)(F)F. The molecule has 0 bridgehead atoms. The van der Waals surface area contributed by atoms with Gasteiger partial charge in [0.2, 0.25) is 0 Å². The molecule has 0 aromatic carbocycles. The predicted molar refractivity (Wildman–Crippen MR) is 49.8 cm³/mol. The van der Waals surface area contributed by atoms with Crippen molar-refractivity contribution in [3.8, 4) is 0 Å². The van der Waals surface area contributed by atoms with Gasteiger partial charge in [0.05, 0.1) is 0 Å². The van der Waals surface area contributed by atoms with E-state index in [2.05, 4.69) is 0 Å². The third-order valence-electron chi connectivity index (χ3n) is 1.97. The van der Waals surface area contributed by atoms with Crippen molar-refractivity contribution in [1.82, 2.24) is 4.90 Å². The van der Waals surface area contributed by atoms with E-state index in [1.807, 2.05) is 0 Å². The number of nitrogens with zero attached hydrogens (tertiary/aromatic N) is 1. The van der Waals surface area contributed by atoms with E-state index >= 15 is 0 Å². The second kappa shape index (κ2) is 6.34. The molecule has 0 spiro atoms. The second-order valence-corrected chi connectivity index (χ2v) is 3.43. The lowest BCUT2D eigenvalue weighted by Crippen LogP contribution is -2.38. The van der Waals surface area contributed by atoms with Crippen molar-refractivity contribution < 1.29 is 27.9 Å². The minimum absolute atomic E-state index is 0.00304. The topological polar surface area (TPSA) is 57.6 Å². The summed E-state index contributed by atoms with van der Waals surface area (Å²) in [6.45, 7) is -0.0159. The third-order valence-corrected chi connectivity index (χ3v) is 1.97. The summed E-state index contributed by atoms with van der Waals surface area (Å²) < 4.78 is 35.7. The first kappa shape index (κ1) is 14.7. The molecule has 1 amide bonds. The molecule has 0 radical (unpaired) electrons. The van der Waals surface area contributed by atoms with E-state index in [0.29, 0.717) is 24.2 Å². The first-order valence-electron chi connectivity index (χ1n) is 4.79. The lowest BCUT2D eigenvalue weighted by atomic mass is 10.2. The molecule has 0 fully saturated rings. The van der Waals surface area contributed by atoms with Crippen molar-refractivity contribution in [2.45, 2.75) is 31.9 Å². The van der Waals surface area contributed by atoms with Crippen LogP contribution in [0.15, 0.2) is 0 Å². The van der Waals surface area contributed by atoms with Gasteiger partial charge in [-0.3, -0.25) is 9.59 Å². The molecule has 0 heterocycles. The summed E-state index contributed by atoms with van der Waals surface area (Å²) in [7, 11) is 1.08. The van der Waals surface area contributed by atoms with Crippen LogP contribution in [0.1, 0.15) is 25.7 Å². The van der Waals surface area contributed by atoms with Gasteiger partial charge in [-0.1, -0.05) is 6.42 Å². The van der Waals surface area contributed by atoms with Gasteiger partial charge in [0, 0.05) is 20.0 Å². The summed E-state index contributed by atoms with van der Waals surface area (Å²) in [5.41, 5.74) is 0. The zero-order chi connectivity index (χ0) is 12.8. The molecule has 0 aliphatic carbocycles. The number of carbonyl (C=O) groups excluding carboxylic acids is 1. The number of unbranched alkanes of at least 4 members (excludes halogenated alkanes) is 2. The van der Waals surface area contributed by atoms with Crippen LogP contribution in [0.3, 0.4) is 0 Å². The Bertz CT molecular complexity index is 253. The number of amides is 1. The number of aliphatic carboxylic acids is 1. The fraction of sp³-hybridized carbons (Fsp3) is 0.778. The summed E-state index contributed by atoms with van der Waals surface area (Å²) in [6, 6.07) is 0. The molecule has 16 heavy (non-hydrogen) atoms. The number of hydrogen-bond donors (Lipinski definition) is 1. The second-order valence-electron chi connectivity index (χ2n) is 3.43. The Hall–Kier alpha value is -1.27. The van der Waals surface area contributed by atoms with Gasteiger partial charge < -0.3 is 10.0 Å². The van der Waals surface area contributed by atoms with Crippen molar-refractivity contribution in [2.24, 2.45) is 0 Å². The van der Waals surface area contributed by atoms with Gasteiger partial charge in [0.1, 0.15) is 0 Å². The number of halogens is 3. The average Bonchev–Trinajstić information content (AvgIpc) is 2.13. The molecule has 0 saturated heterocycles. The van der Waals surface area contributed by atoms with Crippen LogP contribution in [0.5, 0.6) is 0 Å². The normalized spacial score (nSPS) is 11.2. The molecule has 0 aliphatic rings. The summed E-state index contributed by atoms with van der Waals surface area (Å²) in [5.74, 6) is -2.80. The van der Waals surface area contributed by atoms with Crippen molar-refractivity contribution in [3.63, 3.8) is 0 Å². The molecule has 1 N–H and O–H groups in total. The van der Waals surface area contributed by atoms with Gasteiger partial charge in [-0.25, -0.2) is 0 Å². The highest BCUT2D eigenvalue weighted by Gasteiger charge is 2.40. The van der Waals surface area contributed by atoms with E-state index in [0.717, 1.165) is 7.05 Å². The van der Waals surface area contributed by atoms with E-state index in [1.54, 1.807) is 0 Å². The van der Waals surface area contributed by atoms with E-state index in [4.69, 9.17) is 5.11 Å². The highest BCUT2D eigenvalue weighted by atomic mass is 19.4. The lowest BCUT2D eigenvalue weighted by Gasteiger charge is -2.18. The van der Waals surface area contributed by atoms with Crippen LogP contribution < -0.4 is 0 Å². The van der Waals surface area contributed by atoms with Crippen LogP contribution in [0.4, 0.5) is 13.2 Å². The van der Waals surface area contributed by atoms with E-state index in [-0.39, 0.29) is 13.0 Å². The van der Waals surface area contributed by atoms with Gasteiger partial charge in [0.15, 0.2) is 0 Å². The number of carbonyl (C=O) groups is 2. The Morgan fingerprint density at radius 1 is 1.19 bits per heavy atom. The predicted octanol–water partition coefficient (Wildman–Crippen LogP) is 1.65. The van der Waals surface area contributed by atoms with Crippen LogP contribution in [0.2, 0.25) is 0 Å². The maximum absolute atomic E-state index is 11.9. The number of alkyl halides is 3. The monoisotopic (exact) mass is 241 g/mol. The van der Waals surface area contributed by atoms with Crippen LogP contribution in [-0.2, 0) is 9.59 Å². The quantitative estimate of drug-likeness (QED) is 0.719. The fourth-order valence-electron chi connectivity index (χ4n) is 1.12. The van der Waals surface area contributed by atoms with E-state index in [9.17, 15) is 22.8 Å². The number of carboxylic acids is 1. The lowest BCUT2D eigenvalue weighted by molar-refractivity contribution is -0.184. The molecule has 7 heteroatoms. The van der Waals surface area contributed by atoms with Gasteiger partial charge in [-0.15, -0.1) is 0 Å². The molecule has 0 rings (SSSR count). The van der Waals surface area contributed by atoms with Crippen molar-refractivity contribution >= 4 is 11.9 Å². The molecule has 0 aromatic heterocycles. The summed E-state index contributed by atoms with van der Waals surface area (Å²) >= 11 is 0. The van der Waals surface area contributed by atoms with Crippen molar-refractivity contribution in [3.05, 3.63) is 0 Å². The molecular weight excluding hydrogens is 227 g/mol. The van der Waals surface area contributed by atoms with E-state index < -0.39 is 18.1 Å². The summed E-state index contributed by atoms with van der Waals surface area (Å²) in [5, 5.41) is 8.30. The maximum Gasteiger partial charge on any atom is 0.471 e. The highest BCUT2D eigenvalue weighted by molar-refractivity contribution is 5.81. The zero-order valence-corrected chi connectivity index (χ0v) is 8.88. The first-order valence-corrected chi connectivity index (χ1v) is 4.79. The van der Waals surface area contributed by atoms with Crippen LogP contribution in [0, 0.1) is 0 Å². The zero-order valence-electron chi connectivity index (χ0n) is 8.88. The first-order chi connectivity index (χ1) is 7.25. The Balaban J connectivity index is 3.70. The standard InChI is InChI=1S/C9H14F3NO3/c1-13(8(16)9(10,11)12)6-4-2-3-5-7(14)15/h2-6H2,1H3,(H,14,15). The number of hydrogen-bond acceptors (Lipinski definition) is 2. The van der Waals surface area contributed by atoms with Crippen LogP contribution in [-0.4, -0.2) is 41.7 Å². The Morgan fingerprint density at radius 2 is 1.75 bits per heavy atom. The largest absolute Gasteiger partial charge is 0.481 e. The van der Waals surface area contributed by atoms with Gasteiger partial charge in [-0.2, -0.15) is 13.2 Å². The summed E-state index contributed by atoms with van der Waals surface area (Å²) in [6.07, 6.45) is -3.58. The molecule has 0 aliphatic heterocycles. The van der Waals surface area contributed by atoms with Gasteiger partial charge in [-0.05, 0) is 12.8 Å². The number of carboxylic acid groups (broad SMARTS) is 1. The maximum atomic E-state index is 11.9. The molecular formula is C9H14F3NO3. The molecule has 0 unspecified atom stereocenters. The fourth-order valence-corrected chi connectivity index (χ4v) is 1.12. The molecule has 94 valence electrons. The third kappa shape index (κ3) is 6.26. The summed E-state index contributed by atoms with van der Waals surface area (Å²) in [4.78, 5) is 21.4. The average molecular weight is 241 g/mol. The van der Waals surface area contributed by atoms with Crippen LogP contribution in [0.25, 0.3) is 0 Å². The Morgan fingerprint density at radius 3 is 2.19 bits per heavy atom. The Labute approximate surface area is 91.0 Å². The van der Waals surface area contributed by atoms with E-state index in [1.165, 1.54) is 0 Å². The molecule has 0 atom stereocenters. The smallest absolute Gasteiger partial charge is 0.471 e.